The van der Waals surface area contributed by atoms with E-state index < -0.39 is 21.9 Å². The van der Waals surface area contributed by atoms with Crippen molar-refractivity contribution in [3.05, 3.63) is 48.0 Å². The number of methoxy groups -OCH3 is 3. The maximum absolute atomic E-state index is 13.2. The quantitative estimate of drug-likeness (QED) is 0.630. The van der Waals surface area contributed by atoms with Crippen LogP contribution >= 0.6 is 0 Å². The summed E-state index contributed by atoms with van der Waals surface area (Å²) < 4.78 is 42.8. The number of anilines is 1. The number of nitrogens with zero attached hydrogens (tertiary/aromatic N) is 1. The van der Waals surface area contributed by atoms with Crippen molar-refractivity contribution in [2.75, 3.05) is 39.7 Å². The average molecular weight is 463 g/mol. The molecule has 1 saturated heterocycles. The number of amides is 1. The predicted molar refractivity (Wildman–Crippen MR) is 117 cm³/mol. The Morgan fingerprint density at radius 3 is 2.44 bits per heavy atom. The Labute approximate surface area is 187 Å². The van der Waals surface area contributed by atoms with Gasteiger partial charge < -0.3 is 19.5 Å². The van der Waals surface area contributed by atoms with Crippen LogP contribution < -0.4 is 14.8 Å². The van der Waals surface area contributed by atoms with Crippen molar-refractivity contribution < 1.29 is 32.2 Å². The van der Waals surface area contributed by atoms with Gasteiger partial charge in [0.2, 0.25) is 15.9 Å². The number of para-hydroxylation sites is 1. The number of carbonyl (C=O) groups excluding carboxylic acids is 2. The highest BCUT2D eigenvalue weighted by atomic mass is 32.2. The number of benzene rings is 2. The van der Waals surface area contributed by atoms with E-state index in [4.69, 9.17) is 14.2 Å². The van der Waals surface area contributed by atoms with E-state index in [0.29, 0.717) is 36.6 Å². The maximum atomic E-state index is 13.2. The molecule has 1 fully saturated rings. The molecule has 9 nitrogen and oxygen atoms in total. The Balaban J connectivity index is 1.78. The van der Waals surface area contributed by atoms with Gasteiger partial charge in [-0.05, 0) is 37.1 Å². The van der Waals surface area contributed by atoms with E-state index in [0.717, 1.165) is 0 Å². The molecule has 10 heteroatoms. The standard InChI is InChI=1S/C22H26N2O7S/c1-29-19-11-10-16(13-20(19)30-2)32(27,28)24-12-6-7-15(14-24)21(25)23-18-9-5-4-8-17(18)22(26)31-3/h4-5,8-11,13,15H,6-7,12,14H2,1-3H3,(H,23,25)/t15-/m0/s1. The Bertz CT molecular complexity index is 1100. The lowest BCUT2D eigenvalue weighted by Gasteiger charge is -2.31. The molecule has 0 bridgehead atoms. The van der Waals surface area contributed by atoms with Gasteiger partial charge in [0, 0.05) is 19.2 Å². The zero-order valence-electron chi connectivity index (χ0n) is 18.2. The maximum Gasteiger partial charge on any atom is 0.339 e. The van der Waals surface area contributed by atoms with Crippen LogP contribution in [0.3, 0.4) is 0 Å². The van der Waals surface area contributed by atoms with Crippen LogP contribution in [0.5, 0.6) is 11.5 Å². The summed E-state index contributed by atoms with van der Waals surface area (Å²) in [4.78, 5) is 24.9. The fourth-order valence-corrected chi connectivity index (χ4v) is 5.16. The number of piperidine rings is 1. The van der Waals surface area contributed by atoms with E-state index in [-0.39, 0.29) is 22.9 Å². The molecule has 0 unspecified atom stereocenters. The van der Waals surface area contributed by atoms with Crippen LogP contribution in [0, 0.1) is 5.92 Å². The number of carbonyl (C=O) groups is 2. The zero-order chi connectivity index (χ0) is 23.3. The fraction of sp³-hybridized carbons (Fsp3) is 0.364. The Hall–Kier alpha value is -3.11. The van der Waals surface area contributed by atoms with Crippen LogP contribution in [0.2, 0.25) is 0 Å². The molecular weight excluding hydrogens is 436 g/mol. The minimum absolute atomic E-state index is 0.0307. The smallest absolute Gasteiger partial charge is 0.339 e. The van der Waals surface area contributed by atoms with Gasteiger partial charge in [0.15, 0.2) is 11.5 Å². The van der Waals surface area contributed by atoms with E-state index in [1.165, 1.54) is 43.8 Å². The number of nitrogens with one attached hydrogen (secondary N) is 1. The first-order valence-electron chi connectivity index (χ1n) is 10.0. The SMILES string of the molecule is COC(=O)c1ccccc1NC(=O)[C@H]1CCCN(S(=O)(=O)c2ccc(OC)c(OC)c2)C1. The first-order chi connectivity index (χ1) is 15.3. The van der Waals surface area contributed by atoms with Crippen LogP contribution in [-0.4, -0.2) is 59.0 Å². The van der Waals surface area contributed by atoms with E-state index in [9.17, 15) is 18.0 Å². The molecule has 172 valence electrons. The Morgan fingerprint density at radius 1 is 1.03 bits per heavy atom. The van der Waals surface area contributed by atoms with Crippen molar-refractivity contribution in [2.24, 2.45) is 5.92 Å². The van der Waals surface area contributed by atoms with Crippen molar-refractivity contribution in [3.8, 4) is 11.5 Å². The molecule has 2 aromatic carbocycles. The van der Waals surface area contributed by atoms with E-state index >= 15 is 0 Å². The number of rotatable bonds is 7. The highest BCUT2D eigenvalue weighted by molar-refractivity contribution is 7.89. The van der Waals surface area contributed by atoms with Crippen LogP contribution in [0.25, 0.3) is 0 Å². The van der Waals surface area contributed by atoms with Gasteiger partial charge in [0.05, 0.1) is 43.4 Å². The Morgan fingerprint density at radius 2 is 1.75 bits per heavy atom. The highest BCUT2D eigenvalue weighted by Crippen LogP contribution is 2.32. The lowest BCUT2D eigenvalue weighted by Crippen LogP contribution is -2.43. The number of esters is 1. The lowest BCUT2D eigenvalue weighted by atomic mass is 9.98. The lowest BCUT2D eigenvalue weighted by molar-refractivity contribution is -0.120. The first kappa shape index (κ1) is 23.6. The predicted octanol–water partition coefficient (Wildman–Crippen LogP) is 2.53. The van der Waals surface area contributed by atoms with Crippen molar-refractivity contribution in [1.82, 2.24) is 4.31 Å². The van der Waals surface area contributed by atoms with Gasteiger partial charge >= 0.3 is 5.97 Å². The Kier molecular flexibility index (Phi) is 7.37. The van der Waals surface area contributed by atoms with Crippen LogP contribution in [0.1, 0.15) is 23.2 Å². The molecule has 1 N–H and O–H groups in total. The van der Waals surface area contributed by atoms with Gasteiger partial charge in [0.25, 0.3) is 0 Å². The van der Waals surface area contributed by atoms with Gasteiger partial charge in [-0.2, -0.15) is 4.31 Å². The summed E-state index contributed by atoms with van der Waals surface area (Å²) >= 11 is 0. The van der Waals surface area contributed by atoms with Crippen molar-refractivity contribution in [3.63, 3.8) is 0 Å². The molecule has 3 rings (SSSR count). The highest BCUT2D eigenvalue weighted by Gasteiger charge is 2.34. The molecular formula is C22H26N2O7S. The minimum Gasteiger partial charge on any atom is -0.493 e. The van der Waals surface area contributed by atoms with Gasteiger partial charge in [0.1, 0.15) is 0 Å². The normalized spacial score (nSPS) is 16.8. The second-order valence-corrected chi connectivity index (χ2v) is 9.18. The number of hydrogen-bond donors (Lipinski definition) is 1. The van der Waals surface area contributed by atoms with Crippen molar-refractivity contribution in [1.29, 1.82) is 0 Å². The first-order valence-corrected chi connectivity index (χ1v) is 11.5. The van der Waals surface area contributed by atoms with Crippen LogP contribution in [0.4, 0.5) is 5.69 Å². The molecule has 2 aromatic rings. The molecule has 0 aromatic heterocycles. The summed E-state index contributed by atoms with van der Waals surface area (Å²) in [7, 11) is 0.325. The molecule has 1 aliphatic heterocycles. The molecule has 0 spiro atoms. The largest absolute Gasteiger partial charge is 0.493 e. The molecule has 0 saturated carbocycles. The number of ether oxygens (including phenoxy) is 3. The molecule has 1 atom stereocenters. The van der Waals surface area contributed by atoms with E-state index in [1.54, 1.807) is 24.3 Å². The van der Waals surface area contributed by atoms with Gasteiger partial charge in [-0.1, -0.05) is 12.1 Å². The third kappa shape index (κ3) is 4.86. The van der Waals surface area contributed by atoms with Gasteiger partial charge in [-0.15, -0.1) is 0 Å². The van der Waals surface area contributed by atoms with E-state index in [1.807, 2.05) is 0 Å². The molecule has 0 aliphatic carbocycles. The summed E-state index contributed by atoms with van der Waals surface area (Å²) in [6.07, 6.45) is 1.06. The third-order valence-corrected chi connectivity index (χ3v) is 7.20. The molecule has 1 heterocycles. The molecule has 1 aliphatic rings. The minimum atomic E-state index is -3.84. The van der Waals surface area contributed by atoms with Crippen LogP contribution in [-0.2, 0) is 19.6 Å². The number of hydrogen-bond acceptors (Lipinski definition) is 7. The second-order valence-electron chi connectivity index (χ2n) is 7.25. The van der Waals surface area contributed by atoms with Crippen molar-refractivity contribution >= 4 is 27.6 Å². The van der Waals surface area contributed by atoms with Gasteiger partial charge in [-0.3, -0.25) is 4.79 Å². The topological polar surface area (TPSA) is 111 Å². The summed E-state index contributed by atoms with van der Waals surface area (Å²) in [5, 5.41) is 2.74. The van der Waals surface area contributed by atoms with Crippen LogP contribution in [0.15, 0.2) is 47.4 Å². The molecule has 32 heavy (non-hydrogen) atoms. The summed E-state index contributed by atoms with van der Waals surface area (Å²) in [6.45, 7) is 0.335. The monoisotopic (exact) mass is 462 g/mol. The third-order valence-electron chi connectivity index (χ3n) is 5.34. The summed E-state index contributed by atoms with van der Waals surface area (Å²) in [5.74, 6) is -0.758. The van der Waals surface area contributed by atoms with Gasteiger partial charge in [-0.25, -0.2) is 13.2 Å². The van der Waals surface area contributed by atoms with E-state index in [2.05, 4.69) is 5.32 Å². The summed E-state index contributed by atoms with van der Waals surface area (Å²) in [6, 6.07) is 10.9. The molecule has 1 amide bonds. The van der Waals surface area contributed by atoms with Crippen molar-refractivity contribution in [2.45, 2.75) is 17.7 Å². The second kappa shape index (κ2) is 10.0. The fourth-order valence-electron chi connectivity index (χ4n) is 3.62. The zero-order valence-corrected chi connectivity index (χ0v) is 19.0. The number of sulfonamides is 1. The molecule has 0 radical (unpaired) electrons. The summed E-state index contributed by atoms with van der Waals surface area (Å²) in [5.41, 5.74) is 0.554. The average Bonchev–Trinajstić information content (AvgIpc) is 2.83.